The van der Waals surface area contributed by atoms with E-state index in [2.05, 4.69) is 5.32 Å². The van der Waals surface area contributed by atoms with Crippen LogP contribution < -0.4 is 19.7 Å². The lowest BCUT2D eigenvalue weighted by Crippen LogP contribution is -2.54. The summed E-state index contributed by atoms with van der Waals surface area (Å²) in [5.74, 6) is -0.837. The standard InChI is InChI=1S/C29H27ClN2O5/c1-5-19-8-10-22(11-9-19)32-28(34)23(27(33)31-29(32)35)13-21-14-24(30)26(25(15-21)36-4)37-16-20-7-6-17(2)18(3)12-20/h6-15H,5,16H2,1-4H3,(H,31,33,35)/b23-13+. The number of rotatable bonds is 7. The predicted molar refractivity (Wildman–Crippen MR) is 143 cm³/mol. The normalized spacial score (nSPS) is 14.7. The lowest BCUT2D eigenvalue weighted by Gasteiger charge is -2.26. The molecule has 4 amide bonds. The molecule has 37 heavy (non-hydrogen) atoms. The van der Waals surface area contributed by atoms with E-state index >= 15 is 0 Å². The molecule has 4 rings (SSSR count). The van der Waals surface area contributed by atoms with Gasteiger partial charge in [0.05, 0.1) is 17.8 Å². The number of barbiturate groups is 1. The summed E-state index contributed by atoms with van der Waals surface area (Å²) in [5.41, 5.74) is 4.98. The zero-order valence-corrected chi connectivity index (χ0v) is 21.8. The first-order valence-electron chi connectivity index (χ1n) is 11.8. The molecule has 1 heterocycles. The molecule has 0 saturated carbocycles. The van der Waals surface area contributed by atoms with E-state index < -0.39 is 17.8 Å². The van der Waals surface area contributed by atoms with Crippen molar-refractivity contribution in [2.75, 3.05) is 12.0 Å². The number of aryl methyl sites for hydroxylation is 3. The quantitative estimate of drug-likeness (QED) is 0.317. The molecule has 8 heteroatoms. The molecule has 1 aliphatic rings. The van der Waals surface area contributed by atoms with Crippen molar-refractivity contribution in [3.05, 3.63) is 93.0 Å². The van der Waals surface area contributed by atoms with Crippen LogP contribution in [0.1, 0.15) is 34.7 Å². The topological polar surface area (TPSA) is 84.9 Å². The van der Waals surface area contributed by atoms with E-state index in [9.17, 15) is 14.4 Å². The summed E-state index contributed by atoms with van der Waals surface area (Å²) in [4.78, 5) is 39.2. The Morgan fingerprint density at radius 3 is 2.30 bits per heavy atom. The molecule has 0 aromatic heterocycles. The van der Waals surface area contributed by atoms with Crippen LogP contribution in [0.15, 0.2) is 60.2 Å². The van der Waals surface area contributed by atoms with Crippen LogP contribution >= 0.6 is 11.6 Å². The number of urea groups is 1. The summed E-state index contributed by atoms with van der Waals surface area (Å²) in [6, 6.07) is 15.4. The number of carbonyl (C=O) groups is 3. The van der Waals surface area contributed by atoms with E-state index in [0.29, 0.717) is 22.7 Å². The van der Waals surface area contributed by atoms with Gasteiger partial charge in [0.2, 0.25) is 0 Å². The maximum atomic E-state index is 13.2. The van der Waals surface area contributed by atoms with Crippen LogP contribution in [0.2, 0.25) is 5.02 Å². The average molecular weight is 519 g/mol. The van der Waals surface area contributed by atoms with Crippen LogP contribution in [-0.2, 0) is 22.6 Å². The number of ether oxygens (including phenoxy) is 2. The Hall–Kier alpha value is -4.10. The third kappa shape index (κ3) is 5.52. The van der Waals surface area contributed by atoms with Gasteiger partial charge in [-0.25, -0.2) is 9.69 Å². The number of carbonyl (C=O) groups excluding carboxylic acids is 3. The van der Waals surface area contributed by atoms with Gasteiger partial charge in [0.1, 0.15) is 12.2 Å². The molecule has 0 bridgehead atoms. The summed E-state index contributed by atoms with van der Waals surface area (Å²) < 4.78 is 11.4. The number of imide groups is 2. The smallest absolute Gasteiger partial charge is 0.335 e. The molecule has 190 valence electrons. The number of hydrogen-bond donors (Lipinski definition) is 1. The first kappa shape index (κ1) is 26.0. The van der Waals surface area contributed by atoms with Gasteiger partial charge in [-0.3, -0.25) is 14.9 Å². The Morgan fingerprint density at radius 2 is 1.65 bits per heavy atom. The first-order chi connectivity index (χ1) is 17.7. The Bertz CT molecular complexity index is 1410. The summed E-state index contributed by atoms with van der Waals surface area (Å²) in [6.45, 7) is 6.37. The van der Waals surface area contributed by atoms with Crippen LogP contribution in [0.5, 0.6) is 11.5 Å². The number of nitrogens with one attached hydrogen (secondary N) is 1. The molecule has 3 aromatic carbocycles. The lowest BCUT2D eigenvalue weighted by molar-refractivity contribution is -0.122. The Morgan fingerprint density at radius 1 is 0.946 bits per heavy atom. The van der Waals surface area contributed by atoms with E-state index in [1.165, 1.54) is 18.7 Å². The second-order valence-corrected chi connectivity index (χ2v) is 9.13. The van der Waals surface area contributed by atoms with Crippen LogP contribution in [0, 0.1) is 13.8 Å². The van der Waals surface area contributed by atoms with Crippen LogP contribution in [0.3, 0.4) is 0 Å². The van der Waals surface area contributed by atoms with Gasteiger partial charge >= 0.3 is 6.03 Å². The molecule has 3 aromatic rings. The first-order valence-corrected chi connectivity index (χ1v) is 12.2. The molecule has 0 atom stereocenters. The van der Waals surface area contributed by atoms with Crippen molar-refractivity contribution in [3.8, 4) is 11.5 Å². The van der Waals surface area contributed by atoms with E-state index in [1.807, 2.05) is 51.1 Å². The van der Waals surface area contributed by atoms with E-state index in [-0.39, 0.29) is 17.2 Å². The maximum Gasteiger partial charge on any atom is 0.335 e. The van der Waals surface area contributed by atoms with Crippen molar-refractivity contribution in [3.63, 3.8) is 0 Å². The fraction of sp³-hybridized carbons (Fsp3) is 0.207. The number of methoxy groups -OCH3 is 1. The van der Waals surface area contributed by atoms with Gasteiger partial charge in [-0.15, -0.1) is 0 Å². The van der Waals surface area contributed by atoms with Gasteiger partial charge in [0.25, 0.3) is 11.8 Å². The SMILES string of the molecule is CCc1ccc(N2C(=O)NC(=O)/C(=C\c3cc(Cl)c(OCc4ccc(C)c(C)c4)c(OC)c3)C2=O)cc1. The van der Waals surface area contributed by atoms with Gasteiger partial charge in [-0.05, 0) is 78.4 Å². The Kier molecular flexibility index (Phi) is 7.64. The molecule has 1 saturated heterocycles. The monoisotopic (exact) mass is 518 g/mol. The van der Waals surface area contributed by atoms with Crippen molar-refractivity contribution in [1.82, 2.24) is 5.32 Å². The number of benzene rings is 3. The Labute approximate surface area is 220 Å². The summed E-state index contributed by atoms with van der Waals surface area (Å²) in [5, 5.41) is 2.48. The van der Waals surface area contributed by atoms with Crippen molar-refractivity contribution in [2.24, 2.45) is 0 Å². The van der Waals surface area contributed by atoms with Gasteiger partial charge in [0, 0.05) is 0 Å². The highest BCUT2D eigenvalue weighted by atomic mass is 35.5. The number of anilines is 1. The van der Waals surface area contributed by atoms with Crippen LogP contribution in [0.25, 0.3) is 6.08 Å². The summed E-state index contributed by atoms with van der Waals surface area (Å²) in [6.07, 6.45) is 2.19. The van der Waals surface area contributed by atoms with Gasteiger partial charge in [-0.1, -0.05) is 48.9 Å². The third-order valence-electron chi connectivity index (χ3n) is 6.22. The molecule has 1 aliphatic heterocycles. The summed E-state index contributed by atoms with van der Waals surface area (Å²) >= 11 is 6.52. The van der Waals surface area contributed by atoms with Gasteiger partial charge in [0.15, 0.2) is 11.5 Å². The van der Waals surface area contributed by atoms with Gasteiger partial charge in [-0.2, -0.15) is 0 Å². The average Bonchev–Trinajstić information content (AvgIpc) is 2.88. The highest BCUT2D eigenvalue weighted by molar-refractivity contribution is 6.39. The number of amides is 4. The van der Waals surface area contributed by atoms with E-state index in [4.69, 9.17) is 21.1 Å². The largest absolute Gasteiger partial charge is 0.493 e. The highest BCUT2D eigenvalue weighted by Crippen LogP contribution is 2.38. The van der Waals surface area contributed by atoms with Crippen molar-refractivity contribution < 1.29 is 23.9 Å². The minimum Gasteiger partial charge on any atom is -0.493 e. The van der Waals surface area contributed by atoms with Crippen LogP contribution in [-0.4, -0.2) is 25.0 Å². The molecular weight excluding hydrogens is 492 g/mol. The minimum atomic E-state index is -0.804. The molecule has 0 radical (unpaired) electrons. The van der Waals surface area contributed by atoms with Crippen molar-refractivity contribution >= 4 is 41.2 Å². The fourth-order valence-electron chi connectivity index (χ4n) is 3.95. The lowest BCUT2D eigenvalue weighted by atomic mass is 10.1. The van der Waals surface area contributed by atoms with Crippen molar-refractivity contribution in [1.29, 1.82) is 0 Å². The van der Waals surface area contributed by atoms with Crippen LogP contribution in [0.4, 0.5) is 10.5 Å². The molecule has 1 fully saturated rings. The molecular formula is C29H27ClN2O5. The maximum absolute atomic E-state index is 13.2. The fourth-order valence-corrected chi connectivity index (χ4v) is 4.23. The highest BCUT2D eigenvalue weighted by Gasteiger charge is 2.36. The predicted octanol–water partition coefficient (Wildman–Crippen LogP) is 5.77. The van der Waals surface area contributed by atoms with Gasteiger partial charge < -0.3 is 9.47 Å². The zero-order chi connectivity index (χ0) is 26.7. The van der Waals surface area contributed by atoms with E-state index in [0.717, 1.165) is 28.0 Å². The zero-order valence-electron chi connectivity index (χ0n) is 21.1. The number of nitrogens with zero attached hydrogens (tertiary/aromatic N) is 1. The second-order valence-electron chi connectivity index (χ2n) is 8.72. The van der Waals surface area contributed by atoms with E-state index in [1.54, 1.807) is 24.3 Å². The summed E-state index contributed by atoms with van der Waals surface area (Å²) in [7, 11) is 1.48. The molecule has 1 N–H and O–H groups in total. The second kappa shape index (κ2) is 10.9. The molecule has 0 spiro atoms. The third-order valence-corrected chi connectivity index (χ3v) is 6.50. The molecule has 0 unspecified atom stereocenters. The number of hydrogen-bond acceptors (Lipinski definition) is 5. The van der Waals surface area contributed by atoms with Crippen molar-refractivity contribution in [2.45, 2.75) is 33.8 Å². The minimum absolute atomic E-state index is 0.207. The molecule has 0 aliphatic carbocycles. The number of halogens is 1. The Balaban J connectivity index is 1.62. The molecule has 7 nitrogen and oxygen atoms in total.